The third-order valence-corrected chi connectivity index (χ3v) is 3.46. The molecule has 0 spiro atoms. The van der Waals surface area contributed by atoms with E-state index in [4.69, 9.17) is 9.26 Å². The highest BCUT2D eigenvalue weighted by molar-refractivity contribution is 5.54. The molecule has 0 radical (unpaired) electrons. The number of hydrogen-bond donors (Lipinski definition) is 1. The molecule has 1 aromatic heterocycles. The summed E-state index contributed by atoms with van der Waals surface area (Å²) in [6, 6.07) is 7.71. The molecule has 21 heavy (non-hydrogen) atoms. The Morgan fingerprint density at radius 1 is 1.24 bits per heavy atom. The third kappa shape index (κ3) is 3.59. The predicted molar refractivity (Wildman–Crippen MR) is 79.0 cm³/mol. The van der Waals surface area contributed by atoms with E-state index in [0.717, 1.165) is 49.9 Å². The largest absolute Gasteiger partial charge is 0.494 e. The quantitative estimate of drug-likeness (QED) is 0.900. The highest BCUT2D eigenvalue weighted by Gasteiger charge is 2.14. The summed E-state index contributed by atoms with van der Waals surface area (Å²) in [5, 5.41) is 7.40. The minimum Gasteiger partial charge on any atom is -0.494 e. The molecule has 1 aromatic carbocycles. The van der Waals surface area contributed by atoms with Crippen LogP contribution in [0.4, 0.5) is 0 Å². The number of piperazine rings is 1. The van der Waals surface area contributed by atoms with Gasteiger partial charge in [0.25, 0.3) is 5.89 Å². The zero-order chi connectivity index (χ0) is 14.5. The fourth-order valence-corrected chi connectivity index (χ4v) is 2.37. The van der Waals surface area contributed by atoms with Crippen molar-refractivity contribution >= 4 is 0 Å². The van der Waals surface area contributed by atoms with Gasteiger partial charge in [-0.2, -0.15) is 4.98 Å². The molecule has 0 aliphatic carbocycles. The Labute approximate surface area is 124 Å². The molecule has 6 heteroatoms. The molecule has 0 amide bonds. The monoisotopic (exact) mass is 288 g/mol. The van der Waals surface area contributed by atoms with Gasteiger partial charge >= 0.3 is 0 Å². The van der Waals surface area contributed by atoms with Crippen molar-refractivity contribution in [1.82, 2.24) is 20.4 Å². The zero-order valence-corrected chi connectivity index (χ0v) is 12.2. The van der Waals surface area contributed by atoms with Gasteiger partial charge in [0, 0.05) is 31.7 Å². The summed E-state index contributed by atoms with van der Waals surface area (Å²) in [7, 11) is 0. The van der Waals surface area contributed by atoms with Crippen LogP contribution in [0.15, 0.2) is 28.8 Å². The molecular weight excluding hydrogens is 268 g/mol. The average Bonchev–Trinajstić information content (AvgIpc) is 2.98. The van der Waals surface area contributed by atoms with Crippen molar-refractivity contribution in [2.45, 2.75) is 13.5 Å². The zero-order valence-electron chi connectivity index (χ0n) is 12.2. The van der Waals surface area contributed by atoms with Gasteiger partial charge in [-0.3, -0.25) is 4.90 Å². The van der Waals surface area contributed by atoms with Crippen molar-refractivity contribution in [3.05, 3.63) is 30.1 Å². The molecule has 1 saturated heterocycles. The number of nitrogens with zero attached hydrogens (tertiary/aromatic N) is 3. The smallest absolute Gasteiger partial charge is 0.257 e. The number of benzene rings is 1. The SMILES string of the molecule is CCOc1ccc(-c2nc(CN3CCNCC3)no2)cc1. The molecule has 0 bridgehead atoms. The van der Waals surface area contributed by atoms with Crippen LogP contribution in [0.3, 0.4) is 0 Å². The van der Waals surface area contributed by atoms with Crippen LogP contribution < -0.4 is 10.1 Å². The molecule has 0 atom stereocenters. The normalized spacial score (nSPS) is 16.0. The lowest BCUT2D eigenvalue weighted by Gasteiger charge is -2.25. The van der Waals surface area contributed by atoms with Crippen LogP contribution in [0.25, 0.3) is 11.5 Å². The first-order valence-electron chi connectivity index (χ1n) is 7.34. The molecule has 1 aliphatic rings. The fraction of sp³-hybridized carbons (Fsp3) is 0.467. The highest BCUT2D eigenvalue weighted by Crippen LogP contribution is 2.21. The Bertz CT molecular complexity index is 561. The van der Waals surface area contributed by atoms with Gasteiger partial charge in [0.2, 0.25) is 0 Å². The fourth-order valence-electron chi connectivity index (χ4n) is 2.37. The van der Waals surface area contributed by atoms with Crippen molar-refractivity contribution in [3.8, 4) is 17.2 Å². The summed E-state index contributed by atoms with van der Waals surface area (Å²) in [5.41, 5.74) is 0.914. The van der Waals surface area contributed by atoms with Crippen molar-refractivity contribution in [3.63, 3.8) is 0 Å². The summed E-state index contributed by atoms with van der Waals surface area (Å²) < 4.78 is 10.8. The second-order valence-corrected chi connectivity index (χ2v) is 5.00. The molecule has 1 aliphatic heterocycles. The molecular formula is C15H20N4O2. The molecule has 112 valence electrons. The number of ether oxygens (including phenoxy) is 1. The maximum Gasteiger partial charge on any atom is 0.257 e. The molecule has 6 nitrogen and oxygen atoms in total. The summed E-state index contributed by atoms with van der Waals surface area (Å²) in [4.78, 5) is 6.79. The lowest BCUT2D eigenvalue weighted by molar-refractivity contribution is 0.225. The standard InChI is InChI=1S/C15H20N4O2/c1-2-20-13-5-3-12(4-6-13)15-17-14(18-21-15)11-19-9-7-16-8-10-19/h3-6,16H,2,7-11H2,1H3. The van der Waals surface area contributed by atoms with E-state index >= 15 is 0 Å². The van der Waals surface area contributed by atoms with E-state index in [9.17, 15) is 0 Å². The van der Waals surface area contributed by atoms with Gasteiger partial charge in [-0.1, -0.05) is 5.16 Å². The van der Waals surface area contributed by atoms with Gasteiger partial charge < -0.3 is 14.6 Å². The van der Waals surface area contributed by atoms with Gasteiger partial charge in [0.15, 0.2) is 5.82 Å². The Balaban J connectivity index is 1.66. The van der Waals surface area contributed by atoms with Crippen LogP contribution in [-0.4, -0.2) is 47.8 Å². The first-order chi connectivity index (χ1) is 10.3. The lowest BCUT2D eigenvalue weighted by atomic mass is 10.2. The van der Waals surface area contributed by atoms with Gasteiger partial charge in [0.1, 0.15) is 5.75 Å². The summed E-state index contributed by atoms with van der Waals surface area (Å²) in [6.45, 7) is 7.44. The molecule has 0 saturated carbocycles. The average molecular weight is 288 g/mol. The molecule has 2 heterocycles. The summed E-state index contributed by atoms with van der Waals surface area (Å²) in [5.74, 6) is 2.14. The topological polar surface area (TPSA) is 63.4 Å². The van der Waals surface area contributed by atoms with Gasteiger partial charge in [-0.25, -0.2) is 0 Å². The van der Waals surface area contributed by atoms with Crippen LogP contribution in [0.5, 0.6) is 5.75 Å². The molecule has 2 aromatic rings. The maximum absolute atomic E-state index is 5.42. The van der Waals surface area contributed by atoms with Crippen molar-refractivity contribution in [2.75, 3.05) is 32.8 Å². The summed E-state index contributed by atoms with van der Waals surface area (Å²) in [6.07, 6.45) is 0. The van der Waals surface area contributed by atoms with E-state index in [1.807, 2.05) is 31.2 Å². The second-order valence-electron chi connectivity index (χ2n) is 5.00. The first-order valence-corrected chi connectivity index (χ1v) is 7.34. The van der Waals surface area contributed by atoms with Crippen molar-refractivity contribution in [1.29, 1.82) is 0 Å². The van der Waals surface area contributed by atoms with E-state index < -0.39 is 0 Å². The van der Waals surface area contributed by atoms with Gasteiger partial charge in [-0.15, -0.1) is 0 Å². The Kier molecular flexibility index (Phi) is 4.47. The Morgan fingerprint density at radius 2 is 2.00 bits per heavy atom. The van der Waals surface area contributed by atoms with Crippen LogP contribution in [0.2, 0.25) is 0 Å². The van der Waals surface area contributed by atoms with Gasteiger partial charge in [-0.05, 0) is 31.2 Å². The molecule has 0 unspecified atom stereocenters. The van der Waals surface area contributed by atoms with Crippen LogP contribution in [0.1, 0.15) is 12.7 Å². The van der Waals surface area contributed by atoms with E-state index in [-0.39, 0.29) is 0 Å². The Morgan fingerprint density at radius 3 is 2.71 bits per heavy atom. The van der Waals surface area contributed by atoms with E-state index in [2.05, 4.69) is 20.4 Å². The first kappa shape index (κ1) is 14.0. The van der Waals surface area contributed by atoms with Crippen molar-refractivity contribution in [2.24, 2.45) is 0 Å². The highest BCUT2D eigenvalue weighted by atomic mass is 16.5. The maximum atomic E-state index is 5.42. The number of aromatic nitrogens is 2. The number of rotatable bonds is 5. The lowest BCUT2D eigenvalue weighted by Crippen LogP contribution is -2.43. The van der Waals surface area contributed by atoms with Gasteiger partial charge in [0.05, 0.1) is 13.2 Å². The number of nitrogens with one attached hydrogen (secondary N) is 1. The van der Waals surface area contributed by atoms with E-state index in [0.29, 0.717) is 12.5 Å². The Hall–Kier alpha value is -1.92. The second kappa shape index (κ2) is 6.69. The van der Waals surface area contributed by atoms with Crippen molar-refractivity contribution < 1.29 is 9.26 Å². The summed E-state index contributed by atoms with van der Waals surface area (Å²) >= 11 is 0. The molecule has 1 N–H and O–H groups in total. The van der Waals surface area contributed by atoms with E-state index in [1.54, 1.807) is 0 Å². The van der Waals surface area contributed by atoms with E-state index in [1.165, 1.54) is 0 Å². The third-order valence-electron chi connectivity index (χ3n) is 3.46. The minimum atomic E-state index is 0.559. The van der Waals surface area contributed by atoms with Crippen LogP contribution in [-0.2, 0) is 6.54 Å². The van der Waals surface area contributed by atoms with Crippen LogP contribution in [0, 0.1) is 0 Å². The van der Waals surface area contributed by atoms with Crippen LogP contribution >= 0.6 is 0 Å². The number of hydrogen-bond acceptors (Lipinski definition) is 6. The predicted octanol–water partition coefficient (Wildman–Crippen LogP) is 1.54. The minimum absolute atomic E-state index is 0.559. The molecule has 1 fully saturated rings. The molecule has 3 rings (SSSR count).